The number of amides is 1. The average molecular weight is 389 g/mol. The number of carbonyl (C=O) groups is 2. The van der Waals surface area contributed by atoms with Crippen molar-refractivity contribution in [1.82, 2.24) is 25.1 Å². The Morgan fingerprint density at radius 3 is 2.55 bits per heavy atom. The zero-order chi connectivity index (χ0) is 20.4. The Kier molecular flexibility index (Phi) is 4.57. The highest BCUT2D eigenvalue weighted by molar-refractivity contribution is 6.05. The topological polar surface area (TPSA) is 160 Å². The number of benzene rings is 2. The maximum absolute atomic E-state index is 11.7. The summed E-state index contributed by atoms with van der Waals surface area (Å²) in [6.45, 7) is 0.424. The summed E-state index contributed by atoms with van der Waals surface area (Å²) in [4.78, 5) is 35.6. The van der Waals surface area contributed by atoms with E-state index in [9.17, 15) is 14.7 Å². The van der Waals surface area contributed by atoms with Crippen LogP contribution < -0.4 is 11.1 Å². The SMILES string of the molecule is NC(=O)c1nc(NCc2ccccc2)nc(-c2n[nH]c3c(C(=O)O)cccc23)n1. The molecule has 0 saturated carbocycles. The number of primary amides is 1. The maximum atomic E-state index is 11.7. The number of para-hydroxylation sites is 1. The minimum absolute atomic E-state index is 0.0628. The molecule has 4 rings (SSSR count). The van der Waals surface area contributed by atoms with Crippen molar-refractivity contribution in [3.05, 3.63) is 65.5 Å². The van der Waals surface area contributed by atoms with Gasteiger partial charge in [0.1, 0.15) is 5.69 Å². The van der Waals surface area contributed by atoms with Gasteiger partial charge in [0, 0.05) is 11.9 Å². The van der Waals surface area contributed by atoms with E-state index in [0.717, 1.165) is 5.56 Å². The summed E-state index contributed by atoms with van der Waals surface area (Å²) in [5.74, 6) is -1.89. The van der Waals surface area contributed by atoms with Gasteiger partial charge in [-0.2, -0.15) is 15.1 Å². The highest BCUT2D eigenvalue weighted by Gasteiger charge is 2.19. The summed E-state index contributed by atoms with van der Waals surface area (Å²) >= 11 is 0. The van der Waals surface area contributed by atoms with Crippen molar-refractivity contribution in [3.63, 3.8) is 0 Å². The van der Waals surface area contributed by atoms with Crippen molar-refractivity contribution in [3.8, 4) is 11.5 Å². The lowest BCUT2D eigenvalue weighted by atomic mass is 10.1. The largest absolute Gasteiger partial charge is 0.478 e. The van der Waals surface area contributed by atoms with Gasteiger partial charge in [0.15, 0.2) is 5.82 Å². The third-order valence-corrected chi connectivity index (χ3v) is 4.19. The van der Waals surface area contributed by atoms with Crippen LogP contribution in [0.2, 0.25) is 0 Å². The average Bonchev–Trinajstić information content (AvgIpc) is 3.17. The Morgan fingerprint density at radius 2 is 1.83 bits per heavy atom. The molecule has 0 atom stereocenters. The number of carboxylic acids is 1. The van der Waals surface area contributed by atoms with Crippen LogP contribution in [0.25, 0.3) is 22.4 Å². The van der Waals surface area contributed by atoms with Crippen LogP contribution >= 0.6 is 0 Å². The van der Waals surface area contributed by atoms with E-state index in [4.69, 9.17) is 5.73 Å². The van der Waals surface area contributed by atoms with Gasteiger partial charge in [-0.3, -0.25) is 9.89 Å². The van der Waals surface area contributed by atoms with Gasteiger partial charge in [0.25, 0.3) is 5.91 Å². The minimum Gasteiger partial charge on any atom is -0.478 e. The molecule has 2 aromatic carbocycles. The first-order valence-electron chi connectivity index (χ1n) is 8.57. The first-order chi connectivity index (χ1) is 14.0. The van der Waals surface area contributed by atoms with E-state index in [1.807, 2.05) is 30.3 Å². The second-order valence-electron chi connectivity index (χ2n) is 6.12. The van der Waals surface area contributed by atoms with Gasteiger partial charge in [-0.1, -0.05) is 42.5 Å². The molecule has 2 heterocycles. The number of nitrogens with zero attached hydrogens (tertiary/aromatic N) is 4. The number of H-pyrrole nitrogens is 1. The van der Waals surface area contributed by atoms with Crippen molar-refractivity contribution in [1.29, 1.82) is 0 Å². The lowest BCUT2D eigenvalue weighted by Crippen LogP contribution is -2.18. The quantitative estimate of drug-likeness (QED) is 0.388. The molecule has 0 aliphatic carbocycles. The summed E-state index contributed by atoms with van der Waals surface area (Å²) in [6.07, 6.45) is 0. The number of aromatic nitrogens is 5. The molecule has 0 fully saturated rings. The van der Waals surface area contributed by atoms with Crippen molar-refractivity contribution in [2.45, 2.75) is 6.54 Å². The van der Waals surface area contributed by atoms with Crippen LogP contribution in [0.5, 0.6) is 0 Å². The summed E-state index contributed by atoms with van der Waals surface area (Å²) in [5, 5.41) is 19.7. The van der Waals surface area contributed by atoms with Crippen LogP contribution in [0.1, 0.15) is 26.5 Å². The first-order valence-corrected chi connectivity index (χ1v) is 8.57. The van der Waals surface area contributed by atoms with Crippen LogP contribution in [0.15, 0.2) is 48.5 Å². The molecule has 10 heteroatoms. The molecule has 144 valence electrons. The molecule has 4 aromatic rings. The van der Waals surface area contributed by atoms with Gasteiger partial charge < -0.3 is 16.2 Å². The Bertz CT molecular complexity index is 1220. The normalized spacial score (nSPS) is 10.8. The molecule has 0 spiro atoms. The van der Waals surface area contributed by atoms with E-state index >= 15 is 0 Å². The van der Waals surface area contributed by atoms with Gasteiger partial charge in [0.05, 0.1) is 11.1 Å². The van der Waals surface area contributed by atoms with Gasteiger partial charge in [-0.15, -0.1) is 0 Å². The number of hydrogen-bond donors (Lipinski definition) is 4. The van der Waals surface area contributed by atoms with Crippen molar-refractivity contribution in [2.75, 3.05) is 5.32 Å². The van der Waals surface area contributed by atoms with E-state index in [2.05, 4.69) is 30.5 Å². The number of fused-ring (bicyclic) bond motifs is 1. The summed E-state index contributed by atoms with van der Waals surface area (Å²) < 4.78 is 0. The molecule has 29 heavy (non-hydrogen) atoms. The smallest absolute Gasteiger partial charge is 0.337 e. The van der Waals surface area contributed by atoms with Crippen LogP contribution in [0, 0.1) is 0 Å². The molecular weight excluding hydrogens is 374 g/mol. The number of rotatable bonds is 6. The molecule has 0 aliphatic rings. The van der Waals surface area contributed by atoms with Gasteiger partial charge in [-0.05, 0) is 11.6 Å². The fourth-order valence-corrected chi connectivity index (χ4v) is 2.84. The molecule has 0 bridgehead atoms. The molecule has 2 aromatic heterocycles. The molecule has 0 radical (unpaired) electrons. The predicted octanol–water partition coefficient (Wildman–Crippen LogP) is 1.82. The van der Waals surface area contributed by atoms with E-state index in [1.54, 1.807) is 12.1 Å². The molecule has 0 unspecified atom stereocenters. The molecule has 1 amide bonds. The Hall–Kier alpha value is -4.34. The Morgan fingerprint density at radius 1 is 1.03 bits per heavy atom. The molecular formula is C19H15N7O3. The van der Waals surface area contributed by atoms with Crippen molar-refractivity contribution < 1.29 is 14.7 Å². The van der Waals surface area contributed by atoms with Crippen LogP contribution in [-0.4, -0.2) is 42.1 Å². The molecule has 10 nitrogen and oxygen atoms in total. The minimum atomic E-state index is -1.09. The third-order valence-electron chi connectivity index (χ3n) is 4.19. The number of anilines is 1. The lowest BCUT2D eigenvalue weighted by molar-refractivity contribution is 0.0698. The van der Waals surface area contributed by atoms with Gasteiger partial charge in [0.2, 0.25) is 11.8 Å². The number of carboxylic acid groups (broad SMARTS) is 1. The fourth-order valence-electron chi connectivity index (χ4n) is 2.84. The second kappa shape index (κ2) is 7.35. The number of carbonyl (C=O) groups excluding carboxylic acids is 1. The van der Waals surface area contributed by atoms with Crippen LogP contribution in [0.3, 0.4) is 0 Å². The van der Waals surface area contributed by atoms with E-state index in [0.29, 0.717) is 17.4 Å². The second-order valence-corrected chi connectivity index (χ2v) is 6.12. The van der Waals surface area contributed by atoms with Crippen molar-refractivity contribution >= 4 is 28.7 Å². The first kappa shape index (κ1) is 18.0. The standard InChI is InChI=1S/C19H15N7O3/c20-15(27)17-22-16(23-19(24-17)21-9-10-5-2-1-3-6-10)14-11-7-4-8-12(18(28)29)13(11)25-26-14/h1-8H,9H2,(H2,20,27)(H,25,26)(H,28,29)(H,21,22,23,24). The van der Waals surface area contributed by atoms with Gasteiger partial charge >= 0.3 is 5.97 Å². The van der Waals surface area contributed by atoms with E-state index in [-0.39, 0.29) is 28.9 Å². The summed E-state index contributed by atoms with van der Waals surface area (Å²) in [6, 6.07) is 14.3. The molecule has 0 saturated heterocycles. The van der Waals surface area contributed by atoms with Crippen molar-refractivity contribution in [2.24, 2.45) is 5.73 Å². The predicted molar refractivity (Wildman–Crippen MR) is 104 cm³/mol. The third kappa shape index (κ3) is 3.58. The number of nitrogens with one attached hydrogen (secondary N) is 2. The summed E-state index contributed by atoms with van der Waals surface area (Å²) in [7, 11) is 0. The highest BCUT2D eigenvalue weighted by atomic mass is 16.4. The number of aromatic carboxylic acids is 1. The van der Waals surface area contributed by atoms with E-state index in [1.165, 1.54) is 6.07 Å². The number of aromatic amines is 1. The number of hydrogen-bond acceptors (Lipinski definition) is 7. The Balaban J connectivity index is 1.76. The number of nitrogens with two attached hydrogens (primary N) is 1. The van der Waals surface area contributed by atoms with E-state index < -0.39 is 11.9 Å². The zero-order valence-corrected chi connectivity index (χ0v) is 15.0. The Labute approximate surface area is 163 Å². The molecule has 0 aliphatic heterocycles. The highest BCUT2D eigenvalue weighted by Crippen LogP contribution is 2.26. The fraction of sp³-hybridized carbons (Fsp3) is 0.0526. The van der Waals surface area contributed by atoms with Crippen LogP contribution in [-0.2, 0) is 6.54 Å². The van der Waals surface area contributed by atoms with Gasteiger partial charge in [-0.25, -0.2) is 9.78 Å². The zero-order valence-electron chi connectivity index (χ0n) is 15.0. The summed E-state index contributed by atoms with van der Waals surface area (Å²) in [5.41, 5.74) is 7.03. The molecule has 5 N–H and O–H groups in total. The monoisotopic (exact) mass is 389 g/mol. The lowest BCUT2D eigenvalue weighted by Gasteiger charge is -2.07. The van der Waals surface area contributed by atoms with Crippen LogP contribution in [0.4, 0.5) is 5.95 Å². The maximum Gasteiger partial charge on any atom is 0.337 e.